The highest BCUT2D eigenvalue weighted by molar-refractivity contribution is 7.19. The van der Waals surface area contributed by atoms with E-state index in [0.717, 1.165) is 66.2 Å². The minimum atomic E-state index is -2.93. The van der Waals surface area contributed by atoms with Crippen molar-refractivity contribution in [2.24, 2.45) is 0 Å². The summed E-state index contributed by atoms with van der Waals surface area (Å²) in [5.74, 6) is 0. The second-order valence-electron chi connectivity index (χ2n) is 15.9. The van der Waals surface area contributed by atoms with Gasteiger partial charge in [0.2, 0.25) is 0 Å². The highest BCUT2D eigenvalue weighted by Crippen LogP contribution is 2.41. The lowest BCUT2D eigenvalue weighted by Gasteiger charge is -2.34. The van der Waals surface area contributed by atoms with Crippen molar-refractivity contribution < 1.29 is 4.42 Å². The molecule has 0 atom stereocenters. The van der Waals surface area contributed by atoms with Crippen LogP contribution in [0.25, 0.3) is 76.9 Å². The molecule has 0 aliphatic heterocycles. The molecule has 0 amide bonds. The van der Waals surface area contributed by atoms with Crippen molar-refractivity contribution in [3.63, 3.8) is 0 Å². The summed E-state index contributed by atoms with van der Waals surface area (Å²) >= 11 is 0. The number of rotatable bonds is 6. The fraction of sp³-hybridized carbons (Fsp3) is 0. The lowest BCUT2D eigenvalue weighted by molar-refractivity contribution is 0.669. The number of furan rings is 1. The summed E-state index contributed by atoms with van der Waals surface area (Å²) in [5.41, 5.74) is 9.29. The van der Waals surface area contributed by atoms with E-state index in [2.05, 4.69) is 179 Å². The van der Waals surface area contributed by atoms with Crippen LogP contribution < -0.4 is 20.7 Å². The number of hydrogen-bond acceptors (Lipinski definition) is 3. The summed E-state index contributed by atoms with van der Waals surface area (Å²) in [4.78, 5) is 0. The Balaban J connectivity index is 1.08. The molecule has 0 aliphatic carbocycles. The first-order valence-electron chi connectivity index (χ1n) is 20.7. The molecule has 0 radical (unpaired) electrons. The van der Waals surface area contributed by atoms with Crippen LogP contribution in [0.5, 0.6) is 0 Å². The van der Waals surface area contributed by atoms with E-state index in [1.54, 1.807) is 0 Å². The number of fused-ring (bicyclic) bond motifs is 10. The summed E-state index contributed by atoms with van der Waals surface area (Å²) in [6.45, 7) is 0. The zero-order valence-electron chi connectivity index (χ0n) is 33.3. The molecule has 288 valence electrons. The molecule has 0 bridgehead atoms. The summed E-state index contributed by atoms with van der Waals surface area (Å²) in [6.07, 6.45) is 0. The van der Waals surface area contributed by atoms with Gasteiger partial charge in [0.1, 0.15) is 11.2 Å². The van der Waals surface area contributed by atoms with Crippen molar-refractivity contribution in [2.45, 2.75) is 0 Å². The number of benzene rings is 9. The van der Waals surface area contributed by atoms with Crippen LogP contribution in [0.2, 0.25) is 0 Å². The van der Waals surface area contributed by atoms with Gasteiger partial charge in [-0.3, -0.25) is 0 Å². The van der Waals surface area contributed by atoms with Gasteiger partial charge in [-0.1, -0.05) is 121 Å². The molecule has 9 aromatic carbocycles. The van der Waals surface area contributed by atoms with Crippen molar-refractivity contribution in [3.05, 3.63) is 217 Å². The first-order chi connectivity index (χ1) is 30.6. The van der Waals surface area contributed by atoms with Crippen LogP contribution in [0.3, 0.4) is 0 Å². The second kappa shape index (κ2) is 13.8. The molecule has 3 aromatic heterocycles. The van der Waals surface area contributed by atoms with Gasteiger partial charge in [-0.25, -0.2) is 0 Å². The first-order valence-corrected chi connectivity index (χ1v) is 22.7. The van der Waals surface area contributed by atoms with Gasteiger partial charge in [0, 0.05) is 38.3 Å². The Morgan fingerprint density at radius 2 is 0.855 bits per heavy atom. The van der Waals surface area contributed by atoms with Crippen LogP contribution in [0.15, 0.2) is 211 Å². The van der Waals surface area contributed by atoms with Crippen LogP contribution >= 0.6 is 0 Å². The maximum atomic E-state index is 9.78. The van der Waals surface area contributed by atoms with E-state index in [1.807, 2.05) is 48.5 Å². The lowest BCUT2D eigenvalue weighted by Crippen LogP contribution is -2.74. The molecule has 0 fully saturated rings. The molecule has 0 N–H and O–H groups in total. The Bertz CT molecular complexity index is 3700. The topological polar surface area (TPSA) is 70.6 Å². The Morgan fingerprint density at radius 1 is 0.371 bits per heavy atom. The Kier molecular flexibility index (Phi) is 7.92. The van der Waals surface area contributed by atoms with Gasteiger partial charge in [-0.2, -0.15) is 10.5 Å². The van der Waals surface area contributed by atoms with Gasteiger partial charge in [-0.15, -0.1) is 0 Å². The maximum Gasteiger partial charge on any atom is 0.179 e. The molecule has 0 aliphatic rings. The quantitative estimate of drug-likeness (QED) is 0.124. The number of nitriles is 2. The van der Waals surface area contributed by atoms with Gasteiger partial charge in [-0.05, 0) is 106 Å². The van der Waals surface area contributed by atoms with E-state index in [1.165, 1.54) is 31.5 Å². The van der Waals surface area contributed by atoms with Crippen LogP contribution in [0.1, 0.15) is 11.1 Å². The van der Waals surface area contributed by atoms with E-state index >= 15 is 0 Å². The molecule has 62 heavy (non-hydrogen) atoms. The fourth-order valence-electron chi connectivity index (χ4n) is 10.1. The summed E-state index contributed by atoms with van der Waals surface area (Å²) in [5, 5.41) is 31.2. The summed E-state index contributed by atoms with van der Waals surface area (Å²) < 4.78 is 11.1. The predicted molar refractivity (Wildman–Crippen MR) is 255 cm³/mol. The van der Waals surface area contributed by atoms with E-state index in [9.17, 15) is 10.5 Å². The SMILES string of the molecule is N#Cc1ccc2c(c1)c1cc(C#N)ccc1n2-c1ccc([Si](c2ccccc2)(c2ccccc2)c2ccc(-n3c4ccccc4c4ccc5oc6ccccc6c5c43)cc2)cc1. The van der Waals surface area contributed by atoms with Gasteiger partial charge in [0.05, 0.1) is 50.7 Å². The van der Waals surface area contributed by atoms with Gasteiger partial charge < -0.3 is 13.6 Å². The van der Waals surface area contributed by atoms with Crippen LogP contribution in [-0.2, 0) is 0 Å². The van der Waals surface area contributed by atoms with E-state index in [4.69, 9.17) is 4.42 Å². The predicted octanol–water partition coefficient (Wildman–Crippen LogP) is 10.9. The van der Waals surface area contributed by atoms with Gasteiger partial charge in [0.15, 0.2) is 8.07 Å². The van der Waals surface area contributed by atoms with Gasteiger partial charge >= 0.3 is 0 Å². The first kappa shape index (κ1) is 35.5. The maximum absolute atomic E-state index is 9.78. The van der Waals surface area contributed by atoms with Crippen molar-refractivity contribution in [1.29, 1.82) is 10.5 Å². The molecular weight excluding hydrogens is 773 g/mol. The molecule has 0 unspecified atom stereocenters. The summed E-state index contributed by atoms with van der Waals surface area (Å²) in [6, 6.07) is 77.9. The minimum Gasteiger partial charge on any atom is -0.456 e. The van der Waals surface area contributed by atoms with Crippen molar-refractivity contribution >= 4 is 94.4 Å². The zero-order chi connectivity index (χ0) is 41.4. The average molecular weight is 807 g/mol. The number of nitrogens with zero attached hydrogens (tertiary/aromatic N) is 4. The fourth-order valence-corrected chi connectivity index (χ4v) is 14.8. The third kappa shape index (κ3) is 5.12. The van der Waals surface area contributed by atoms with E-state index < -0.39 is 8.07 Å². The van der Waals surface area contributed by atoms with Crippen LogP contribution in [0, 0.1) is 22.7 Å². The van der Waals surface area contributed by atoms with Crippen molar-refractivity contribution in [1.82, 2.24) is 9.13 Å². The van der Waals surface area contributed by atoms with Crippen molar-refractivity contribution in [3.8, 4) is 23.5 Å². The molecule has 5 nitrogen and oxygen atoms in total. The van der Waals surface area contributed by atoms with E-state index in [0.29, 0.717) is 11.1 Å². The number of para-hydroxylation sites is 2. The molecule has 0 saturated carbocycles. The van der Waals surface area contributed by atoms with Crippen LogP contribution in [-0.4, -0.2) is 17.2 Å². The smallest absolute Gasteiger partial charge is 0.179 e. The molecule has 12 aromatic rings. The standard InChI is InChI=1S/C56H34N4OSi/c57-35-37-19-30-51-48(33-37)49-34-38(36-58)20-31-52(49)59(51)39-21-25-43(26-22-39)62(41-11-3-1-4-12-41,42-13-5-2-6-14-42)44-27-23-40(24-28-44)60-50-17-9-7-15-45(50)46-29-32-54-55(56(46)60)47-16-8-10-18-53(47)61-54/h1-34H. The molecule has 12 rings (SSSR count). The lowest BCUT2D eigenvalue weighted by atomic mass is 10.1. The summed E-state index contributed by atoms with van der Waals surface area (Å²) in [7, 11) is -2.93. The highest BCUT2D eigenvalue weighted by Gasteiger charge is 2.41. The molecular formula is C56H34N4OSi. The minimum absolute atomic E-state index is 0.586. The number of hydrogen-bond donors (Lipinski definition) is 0. The Labute approximate surface area is 357 Å². The second-order valence-corrected chi connectivity index (χ2v) is 19.7. The third-order valence-corrected chi connectivity index (χ3v) is 17.5. The van der Waals surface area contributed by atoms with Crippen LogP contribution in [0.4, 0.5) is 0 Å². The third-order valence-electron chi connectivity index (χ3n) is 12.7. The highest BCUT2D eigenvalue weighted by atomic mass is 28.3. The monoisotopic (exact) mass is 806 g/mol. The largest absolute Gasteiger partial charge is 0.456 e. The normalized spacial score (nSPS) is 11.8. The zero-order valence-corrected chi connectivity index (χ0v) is 34.3. The Morgan fingerprint density at radius 3 is 1.44 bits per heavy atom. The number of aromatic nitrogens is 2. The molecule has 0 spiro atoms. The van der Waals surface area contributed by atoms with Crippen molar-refractivity contribution in [2.75, 3.05) is 0 Å². The molecule has 3 heterocycles. The van der Waals surface area contributed by atoms with Gasteiger partial charge in [0.25, 0.3) is 0 Å². The molecule has 0 saturated heterocycles. The Hall–Kier alpha value is -8.42. The average Bonchev–Trinajstić information content (AvgIpc) is 4.00. The van der Waals surface area contributed by atoms with E-state index in [-0.39, 0.29) is 0 Å². The molecule has 6 heteroatoms.